The van der Waals surface area contributed by atoms with Crippen LogP contribution in [0.3, 0.4) is 0 Å². The van der Waals surface area contributed by atoms with Gasteiger partial charge in [0.15, 0.2) is 0 Å². The second kappa shape index (κ2) is 8.02. The molecule has 3 aromatic rings. The van der Waals surface area contributed by atoms with Crippen molar-refractivity contribution >= 4 is 28.5 Å². The van der Waals surface area contributed by atoms with Gasteiger partial charge in [0.05, 0.1) is 0 Å². The molecule has 1 aromatic heterocycles. The molecule has 1 N–H and O–H groups in total. The molecule has 0 bridgehead atoms. The van der Waals surface area contributed by atoms with E-state index in [1.54, 1.807) is 0 Å². The fourth-order valence-corrected chi connectivity index (χ4v) is 2.90. The fraction of sp³-hybridized carbons (Fsp3) is 0.250. The van der Waals surface area contributed by atoms with Gasteiger partial charge in [-0.25, -0.2) is 0 Å². The quantitative estimate of drug-likeness (QED) is 0.629. The molecule has 0 saturated heterocycles. The Morgan fingerprint density at radius 2 is 1.92 bits per heavy atom. The summed E-state index contributed by atoms with van der Waals surface area (Å²) in [7, 11) is 0. The van der Waals surface area contributed by atoms with Crippen molar-refractivity contribution in [2.24, 2.45) is 0 Å². The van der Waals surface area contributed by atoms with Crippen molar-refractivity contribution in [3.8, 4) is 0 Å². The summed E-state index contributed by atoms with van der Waals surface area (Å²) in [6.07, 6.45) is 2.87. The van der Waals surface area contributed by atoms with Crippen LogP contribution >= 0.6 is 11.6 Å². The number of para-hydroxylation sites is 1. The topological polar surface area (TPSA) is 42.2 Å². The lowest BCUT2D eigenvalue weighted by atomic mass is 10.1. The van der Waals surface area contributed by atoms with E-state index in [0.717, 1.165) is 35.1 Å². The number of carbonyl (C=O) groups excluding carboxylic acids is 1. The van der Waals surface area contributed by atoms with Crippen LogP contribution in [0.15, 0.2) is 59.0 Å². The van der Waals surface area contributed by atoms with E-state index in [1.807, 2.05) is 48.5 Å². The van der Waals surface area contributed by atoms with Crippen molar-refractivity contribution in [1.82, 2.24) is 5.32 Å². The van der Waals surface area contributed by atoms with E-state index in [2.05, 4.69) is 11.4 Å². The summed E-state index contributed by atoms with van der Waals surface area (Å²) in [6.45, 7) is 0.658. The molecule has 1 heterocycles. The van der Waals surface area contributed by atoms with Gasteiger partial charge < -0.3 is 9.73 Å². The molecule has 0 aliphatic carbocycles. The fourth-order valence-electron chi connectivity index (χ4n) is 2.69. The van der Waals surface area contributed by atoms with Crippen LogP contribution < -0.4 is 5.32 Å². The number of rotatable bonds is 7. The zero-order chi connectivity index (χ0) is 16.8. The normalized spacial score (nSPS) is 10.9. The first kappa shape index (κ1) is 16.6. The molecule has 3 rings (SSSR count). The summed E-state index contributed by atoms with van der Waals surface area (Å²) >= 11 is 5.94. The summed E-state index contributed by atoms with van der Waals surface area (Å²) in [5.74, 6) is 1.03. The summed E-state index contributed by atoms with van der Waals surface area (Å²) in [5, 5.41) is 4.79. The molecule has 124 valence electrons. The van der Waals surface area contributed by atoms with Gasteiger partial charge in [0, 0.05) is 29.8 Å². The first-order valence-corrected chi connectivity index (χ1v) is 8.57. The first-order chi connectivity index (χ1) is 11.7. The zero-order valence-corrected chi connectivity index (χ0v) is 14.2. The zero-order valence-electron chi connectivity index (χ0n) is 13.4. The maximum atomic E-state index is 11.9. The Morgan fingerprint density at radius 3 is 2.75 bits per heavy atom. The van der Waals surface area contributed by atoms with Gasteiger partial charge in [-0.15, -0.1) is 0 Å². The molecular formula is C20H20ClNO2. The number of carbonyl (C=O) groups is 1. The molecule has 0 spiro atoms. The number of fused-ring (bicyclic) bond motifs is 1. The lowest BCUT2D eigenvalue weighted by molar-refractivity contribution is -0.121. The van der Waals surface area contributed by atoms with Gasteiger partial charge in [-0.2, -0.15) is 0 Å². The number of nitrogens with one attached hydrogen (secondary N) is 1. The highest BCUT2D eigenvalue weighted by Crippen LogP contribution is 2.19. The second-order valence-electron chi connectivity index (χ2n) is 5.83. The summed E-state index contributed by atoms with van der Waals surface area (Å²) in [5.41, 5.74) is 2.00. The van der Waals surface area contributed by atoms with Crippen molar-refractivity contribution in [2.45, 2.75) is 25.7 Å². The molecule has 0 aliphatic rings. The van der Waals surface area contributed by atoms with Crippen molar-refractivity contribution in [3.05, 3.63) is 70.9 Å². The number of halogens is 1. The molecule has 0 unspecified atom stereocenters. The number of hydrogen-bond donors (Lipinski definition) is 1. The third-order valence-corrected chi connectivity index (χ3v) is 4.16. The summed E-state index contributed by atoms with van der Waals surface area (Å²) < 4.78 is 5.77. The van der Waals surface area contributed by atoms with E-state index in [0.29, 0.717) is 24.4 Å². The summed E-state index contributed by atoms with van der Waals surface area (Å²) in [4.78, 5) is 11.9. The van der Waals surface area contributed by atoms with Crippen LogP contribution in [0.5, 0.6) is 0 Å². The Hall–Kier alpha value is -2.26. The van der Waals surface area contributed by atoms with Gasteiger partial charge >= 0.3 is 0 Å². The molecular weight excluding hydrogens is 322 g/mol. The van der Waals surface area contributed by atoms with Gasteiger partial charge in [0.1, 0.15) is 11.3 Å². The Bertz CT molecular complexity index is 792. The first-order valence-electron chi connectivity index (χ1n) is 8.19. The molecule has 4 heteroatoms. The highest BCUT2D eigenvalue weighted by Gasteiger charge is 2.05. The molecule has 24 heavy (non-hydrogen) atoms. The van der Waals surface area contributed by atoms with Crippen LogP contribution in [0.4, 0.5) is 0 Å². The van der Waals surface area contributed by atoms with Crippen LogP contribution in [0.25, 0.3) is 11.0 Å². The monoisotopic (exact) mass is 341 g/mol. The summed E-state index contributed by atoms with van der Waals surface area (Å²) in [6, 6.07) is 17.7. The Kier molecular flexibility index (Phi) is 5.55. The standard InChI is InChI=1S/C20H20ClNO2/c21-17-7-3-5-15(13-17)10-11-20(23)22-12-4-8-18-14-16-6-1-2-9-19(16)24-18/h1-3,5-7,9,13-14H,4,8,10-12H2,(H,22,23). The van der Waals surface area contributed by atoms with E-state index in [1.165, 1.54) is 0 Å². The maximum absolute atomic E-state index is 11.9. The molecule has 0 saturated carbocycles. The van der Waals surface area contributed by atoms with Crippen LogP contribution in [0, 0.1) is 0 Å². The van der Waals surface area contributed by atoms with Crippen LogP contribution in [-0.2, 0) is 17.6 Å². The number of aryl methyl sites for hydroxylation is 2. The molecule has 0 fully saturated rings. The van der Waals surface area contributed by atoms with Crippen molar-refractivity contribution in [3.63, 3.8) is 0 Å². The van der Waals surface area contributed by atoms with Gasteiger partial charge in [-0.05, 0) is 42.7 Å². The van der Waals surface area contributed by atoms with Crippen LogP contribution in [0.2, 0.25) is 5.02 Å². The average Bonchev–Trinajstić information content (AvgIpc) is 3.00. The van der Waals surface area contributed by atoms with Gasteiger partial charge in [0.25, 0.3) is 0 Å². The van der Waals surface area contributed by atoms with E-state index < -0.39 is 0 Å². The van der Waals surface area contributed by atoms with E-state index in [9.17, 15) is 4.79 Å². The van der Waals surface area contributed by atoms with Gasteiger partial charge in [0.2, 0.25) is 5.91 Å². The Labute approximate surface area is 146 Å². The van der Waals surface area contributed by atoms with E-state index in [-0.39, 0.29) is 5.91 Å². The van der Waals surface area contributed by atoms with E-state index >= 15 is 0 Å². The van der Waals surface area contributed by atoms with Crippen molar-refractivity contribution < 1.29 is 9.21 Å². The molecule has 0 radical (unpaired) electrons. The molecule has 3 nitrogen and oxygen atoms in total. The molecule has 1 amide bonds. The Morgan fingerprint density at radius 1 is 1.04 bits per heavy atom. The SMILES string of the molecule is O=C(CCc1cccc(Cl)c1)NCCCc1cc2ccccc2o1. The number of amides is 1. The van der Waals surface area contributed by atoms with E-state index in [4.69, 9.17) is 16.0 Å². The molecule has 0 atom stereocenters. The lowest BCUT2D eigenvalue weighted by Gasteiger charge is -2.05. The third-order valence-electron chi connectivity index (χ3n) is 3.93. The van der Waals surface area contributed by atoms with Crippen LogP contribution in [-0.4, -0.2) is 12.5 Å². The predicted octanol–water partition coefficient (Wildman–Crippen LogP) is 4.77. The minimum atomic E-state index is 0.0691. The van der Waals surface area contributed by atoms with Gasteiger partial charge in [-0.1, -0.05) is 41.9 Å². The van der Waals surface area contributed by atoms with Crippen molar-refractivity contribution in [2.75, 3.05) is 6.54 Å². The van der Waals surface area contributed by atoms with Gasteiger partial charge in [-0.3, -0.25) is 4.79 Å². The molecule has 2 aromatic carbocycles. The number of benzene rings is 2. The van der Waals surface area contributed by atoms with Crippen LogP contribution in [0.1, 0.15) is 24.2 Å². The minimum Gasteiger partial charge on any atom is -0.461 e. The minimum absolute atomic E-state index is 0.0691. The highest BCUT2D eigenvalue weighted by molar-refractivity contribution is 6.30. The second-order valence-corrected chi connectivity index (χ2v) is 6.27. The highest BCUT2D eigenvalue weighted by atomic mass is 35.5. The maximum Gasteiger partial charge on any atom is 0.220 e. The molecule has 0 aliphatic heterocycles. The predicted molar refractivity (Wildman–Crippen MR) is 97.3 cm³/mol. The Balaban J connectivity index is 1.37. The number of furan rings is 1. The average molecular weight is 342 g/mol. The lowest BCUT2D eigenvalue weighted by Crippen LogP contribution is -2.24. The third kappa shape index (κ3) is 4.62. The smallest absolute Gasteiger partial charge is 0.220 e. The van der Waals surface area contributed by atoms with Crippen molar-refractivity contribution in [1.29, 1.82) is 0 Å². The number of hydrogen-bond acceptors (Lipinski definition) is 2. The largest absolute Gasteiger partial charge is 0.461 e.